The summed E-state index contributed by atoms with van der Waals surface area (Å²) in [4.78, 5) is 16.2. The molecule has 1 heterocycles. The molecule has 1 fully saturated rings. The number of likely N-dealkylation sites (N-methyl/N-ethyl adjacent to an activating group) is 1. The van der Waals surface area contributed by atoms with Crippen molar-refractivity contribution in [2.45, 2.75) is 20.8 Å². The van der Waals surface area contributed by atoms with E-state index < -0.39 is 0 Å². The second-order valence-electron chi connectivity index (χ2n) is 5.56. The fourth-order valence-corrected chi connectivity index (χ4v) is 2.66. The molecule has 0 spiro atoms. The summed E-state index contributed by atoms with van der Waals surface area (Å²) in [6.07, 6.45) is 0. The van der Waals surface area contributed by atoms with Crippen LogP contribution in [0.5, 0.6) is 5.75 Å². The van der Waals surface area contributed by atoms with Crippen LogP contribution in [0.4, 0.5) is 4.79 Å². The summed E-state index contributed by atoms with van der Waals surface area (Å²) in [5, 5.41) is 3.56. The number of hydrogen-bond donors (Lipinski definition) is 1. The molecule has 1 N–H and O–H groups in total. The van der Waals surface area contributed by atoms with Crippen molar-refractivity contribution in [1.82, 2.24) is 15.1 Å². The molecule has 1 aliphatic heterocycles. The van der Waals surface area contributed by atoms with Crippen molar-refractivity contribution in [1.29, 1.82) is 0 Å². The molecule has 1 aromatic rings. The van der Waals surface area contributed by atoms with Crippen molar-refractivity contribution in [3.8, 4) is 5.75 Å². The van der Waals surface area contributed by atoms with Gasteiger partial charge in [-0.15, -0.1) is 0 Å². The lowest BCUT2D eigenvalue weighted by atomic mass is 10.1. The molecule has 2 rings (SSSR count). The average Bonchev–Trinajstić information content (AvgIpc) is 2.52. The zero-order valence-corrected chi connectivity index (χ0v) is 14.2. The molecule has 1 aliphatic rings. The monoisotopic (exact) mass is 325 g/mol. The van der Waals surface area contributed by atoms with Gasteiger partial charge in [-0.05, 0) is 43.7 Å². The molecule has 0 aliphatic carbocycles. The minimum absolute atomic E-state index is 0.0711. The lowest BCUT2D eigenvalue weighted by Crippen LogP contribution is -2.52. The third-order valence-electron chi connectivity index (χ3n) is 3.98. The fraction of sp³-hybridized carbons (Fsp3) is 0.562. The number of ether oxygens (including phenoxy) is 1. The van der Waals surface area contributed by atoms with E-state index in [1.165, 1.54) is 0 Å². The van der Waals surface area contributed by atoms with Gasteiger partial charge in [0, 0.05) is 31.2 Å². The fourth-order valence-electron chi connectivity index (χ4n) is 2.55. The van der Waals surface area contributed by atoms with Crippen molar-refractivity contribution in [2.24, 2.45) is 0 Å². The summed E-state index contributed by atoms with van der Waals surface area (Å²) in [6, 6.07) is 3.68. The van der Waals surface area contributed by atoms with Crippen molar-refractivity contribution in [3.05, 3.63) is 28.3 Å². The van der Waals surface area contributed by atoms with Crippen molar-refractivity contribution in [2.75, 3.05) is 39.5 Å². The van der Waals surface area contributed by atoms with Crippen LogP contribution in [0.15, 0.2) is 12.1 Å². The van der Waals surface area contributed by atoms with E-state index in [1.807, 2.05) is 30.9 Å². The minimum atomic E-state index is -0.0711. The number of benzene rings is 1. The molecular formula is C16H24ClN3O2. The zero-order chi connectivity index (χ0) is 16.1. The lowest BCUT2D eigenvalue weighted by Gasteiger charge is -2.33. The molecule has 0 bridgehead atoms. The van der Waals surface area contributed by atoms with E-state index in [1.54, 1.807) is 0 Å². The molecular weight excluding hydrogens is 302 g/mol. The van der Waals surface area contributed by atoms with Gasteiger partial charge in [-0.3, -0.25) is 0 Å². The van der Waals surface area contributed by atoms with Gasteiger partial charge in [0.1, 0.15) is 5.75 Å². The Bertz CT molecular complexity index is 505. The average molecular weight is 326 g/mol. The molecule has 0 saturated carbocycles. The summed E-state index contributed by atoms with van der Waals surface area (Å²) < 4.78 is 5.60. The minimum Gasteiger partial charge on any atom is -0.473 e. The van der Waals surface area contributed by atoms with Crippen LogP contribution in [0, 0.1) is 13.8 Å². The number of carbonyl (C=O) groups is 1. The predicted molar refractivity (Wildman–Crippen MR) is 88.6 cm³/mol. The van der Waals surface area contributed by atoms with Gasteiger partial charge in [0.25, 0.3) is 0 Å². The van der Waals surface area contributed by atoms with Crippen LogP contribution in [0.25, 0.3) is 0 Å². The Morgan fingerprint density at radius 1 is 1.23 bits per heavy atom. The number of nitrogens with zero attached hydrogens (tertiary/aromatic N) is 2. The zero-order valence-electron chi connectivity index (χ0n) is 13.5. The van der Waals surface area contributed by atoms with Crippen LogP contribution >= 0.6 is 11.6 Å². The maximum Gasteiger partial charge on any atom is 0.320 e. The molecule has 0 radical (unpaired) electrons. The second-order valence-corrected chi connectivity index (χ2v) is 5.94. The van der Waals surface area contributed by atoms with Gasteiger partial charge in [-0.1, -0.05) is 18.5 Å². The van der Waals surface area contributed by atoms with Gasteiger partial charge in [-0.2, -0.15) is 0 Å². The third kappa shape index (κ3) is 4.27. The van der Waals surface area contributed by atoms with Crippen LogP contribution in [0.3, 0.4) is 0 Å². The summed E-state index contributed by atoms with van der Waals surface area (Å²) in [5.74, 6) is 0.718. The molecule has 22 heavy (non-hydrogen) atoms. The summed E-state index contributed by atoms with van der Waals surface area (Å²) >= 11 is 6.12. The first-order chi connectivity index (χ1) is 10.5. The van der Waals surface area contributed by atoms with Gasteiger partial charge in [-0.25, -0.2) is 4.79 Å². The number of aryl methyl sites for hydroxylation is 2. The highest BCUT2D eigenvalue weighted by Crippen LogP contribution is 2.25. The van der Waals surface area contributed by atoms with Crippen LogP contribution in [-0.4, -0.2) is 55.3 Å². The Morgan fingerprint density at radius 3 is 2.36 bits per heavy atom. The first-order valence-corrected chi connectivity index (χ1v) is 8.03. The maximum atomic E-state index is 12.1. The molecule has 122 valence electrons. The number of urea groups is 1. The Morgan fingerprint density at radius 2 is 1.82 bits per heavy atom. The van der Waals surface area contributed by atoms with E-state index in [0.29, 0.717) is 0 Å². The number of rotatable bonds is 4. The number of carbonyl (C=O) groups excluding carboxylic acids is 1. The molecule has 5 nitrogen and oxygen atoms in total. The van der Waals surface area contributed by atoms with Crippen LogP contribution in [-0.2, 0) is 0 Å². The molecule has 0 atom stereocenters. The van der Waals surface area contributed by atoms with Gasteiger partial charge in [0.15, 0.2) is 6.73 Å². The maximum absolute atomic E-state index is 12.1. The topological polar surface area (TPSA) is 44.8 Å². The Balaban J connectivity index is 1.78. The highest BCUT2D eigenvalue weighted by Gasteiger charge is 2.19. The van der Waals surface area contributed by atoms with Crippen molar-refractivity contribution >= 4 is 17.6 Å². The van der Waals surface area contributed by atoms with Crippen molar-refractivity contribution in [3.63, 3.8) is 0 Å². The smallest absolute Gasteiger partial charge is 0.320 e. The number of piperazine rings is 1. The SMILES string of the molecule is CCN1CCN(C(=O)NCOc2cc(C)c(Cl)c(C)c2)CC1. The van der Waals surface area contributed by atoms with Gasteiger partial charge >= 0.3 is 6.03 Å². The van der Waals surface area contributed by atoms with E-state index in [0.717, 1.165) is 54.6 Å². The third-order valence-corrected chi connectivity index (χ3v) is 4.58. The quantitative estimate of drug-likeness (QED) is 0.866. The highest BCUT2D eigenvalue weighted by atomic mass is 35.5. The summed E-state index contributed by atoms with van der Waals surface area (Å²) in [7, 11) is 0. The molecule has 0 unspecified atom stereocenters. The molecule has 0 aromatic heterocycles. The van der Waals surface area contributed by atoms with Gasteiger partial charge in [0.05, 0.1) is 0 Å². The Kier molecular flexibility index (Phi) is 5.91. The lowest BCUT2D eigenvalue weighted by molar-refractivity contribution is 0.137. The van der Waals surface area contributed by atoms with Gasteiger partial charge in [0.2, 0.25) is 0 Å². The molecule has 6 heteroatoms. The van der Waals surface area contributed by atoms with E-state index in [4.69, 9.17) is 16.3 Å². The van der Waals surface area contributed by atoms with E-state index >= 15 is 0 Å². The standard InChI is InChI=1S/C16H24ClN3O2/c1-4-19-5-7-20(8-6-19)16(21)18-11-22-14-9-12(2)15(17)13(3)10-14/h9-10H,4-8,11H2,1-3H3,(H,18,21). The van der Waals surface area contributed by atoms with Crippen molar-refractivity contribution < 1.29 is 9.53 Å². The first kappa shape index (κ1) is 16.9. The van der Waals surface area contributed by atoms with E-state index in [9.17, 15) is 4.79 Å². The second kappa shape index (κ2) is 7.70. The number of halogens is 1. The molecule has 1 saturated heterocycles. The number of nitrogens with one attached hydrogen (secondary N) is 1. The Labute approximate surface area is 137 Å². The normalized spacial score (nSPS) is 15.7. The molecule has 2 amide bonds. The first-order valence-electron chi connectivity index (χ1n) is 7.66. The van der Waals surface area contributed by atoms with Crippen LogP contribution in [0.1, 0.15) is 18.1 Å². The van der Waals surface area contributed by atoms with E-state index in [-0.39, 0.29) is 12.8 Å². The van der Waals surface area contributed by atoms with E-state index in [2.05, 4.69) is 17.1 Å². The number of hydrogen-bond acceptors (Lipinski definition) is 3. The summed E-state index contributed by atoms with van der Waals surface area (Å²) in [6.45, 7) is 10.6. The Hall–Kier alpha value is -1.46. The van der Waals surface area contributed by atoms with Crippen LogP contribution < -0.4 is 10.1 Å². The summed E-state index contributed by atoms with van der Waals surface area (Å²) in [5.41, 5.74) is 1.94. The van der Waals surface area contributed by atoms with Crippen LogP contribution in [0.2, 0.25) is 5.02 Å². The molecule has 1 aromatic carbocycles. The predicted octanol–water partition coefficient (Wildman–Crippen LogP) is 2.64. The number of amides is 2. The highest BCUT2D eigenvalue weighted by molar-refractivity contribution is 6.32. The van der Waals surface area contributed by atoms with Gasteiger partial charge < -0.3 is 19.9 Å². The largest absolute Gasteiger partial charge is 0.473 e.